The van der Waals surface area contributed by atoms with Crippen LogP contribution < -0.4 is 5.32 Å². The Morgan fingerprint density at radius 2 is 2.05 bits per heavy atom. The summed E-state index contributed by atoms with van der Waals surface area (Å²) < 4.78 is 1.07. The molecule has 0 unspecified atom stereocenters. The Hall–Kier alpha value is -2.73. The van der Waals surface area contributed by atoms with Gasteiger partial charge in [0.2, 0.25) is 0 Å². The van der Waals surface area contributed by atoms with Gasteiger partial charge >= 0.3 is 0 Å². The maximum absolute atomic E-state index is 12.3. The molecule has 0 fully saturated rings. The first-order chi connectivity index (χ1) is 10.7. The van der Waals surface area contributed by atoms with Gasteiger partial charge in [0, 0.05) is 5.56 Å². The Morgan fingerprint density at radius 1 is 1.18 bits per heavy atom. The van der Waals surface area contributed by atoms with E-state index in [-0.39, 0.29) is 5.91 Å². The summed E-state index contributed by atoms with van der Waals surface area (Å²) in [7, 11) is 0. The quantitative estimate of drug-likeness (QED) is 0.592. The molecule has 0 saturated heterocycles. The molecule has 1 amide bonds. The van der Waals surface area contributed by atoms with Crippen LogP contribution in [0.25, 0.3) is 21.3 Å². The van der Waals surface area contributed by atoms with E-state index in [9.17, 15) is 4.79 Å². The van der Waals surface area contributed by atoms with Gasteiger partial charge in [-0.15, -0.1) is 0 Å². The van der Waals surface area contributed by atoms with Crippen LogP contribution in [0.3, 0.4) is 0 Å². The molecule has 2 N–H and O–H groups in total. The fourth-order valence-corrected chi connectivity index (χ4v) is 3.29. The first kappa shape index (κ1) is 13.0. The molecular weight excluding hydrogens is 296 g/mol. The number of nitrogens with one attached hydrogen (secondary N) is 2. The molecule has 2 aromatic carbocycles. The average Bonchev–Trinajstić information content (AvgIpc) is 3.11. The van der Waals surface area contributed by atoms with Gasteiger partial charge in [0.05, 0.1) is 27.6 Å². The number of fused-ring (bicyclic) bond motifs is 2. The third-order valence-corrected chi connectivity index (χ3v) is 4.38. The summed E-state index contributed by atoms with van der Waals surface area (Å²) in [6.45, 7) is 2.04. The lowest BCUT2D eigenvalue weighted by Gasteiger charge is -2.01. The zero-order chi connectivity index (χ0) is 15.1. The first-order valence-corrected chi connectivity index (χ1v) is 7.62. The molecule has 2 aromatic heterocycles. The number of hydrogen-bond donors (Lipinski definition) is 2. The Bertz CT molecular complexity index is 1000. The summed E-state index contributed by atoms with van der Waals surface area (Å²) in [6.07, 6.45) is 1.61. The number of thiazole rings is 1. The fraction of sp³-hybridized carbons (Fsp3) is 0.0625. The molecule has 0 aliphatic carbocycles. The number of carbonyl (C=O) groups is 1. The predicted molar refractivity (Wildman–Crippen MR) is 88.4 cm³/mol. The van der Waals surface area contributed by atoms with E-state index in [4.69, 9.17) is 0 Å². The lowest BCUT2D eigenvalue weighted by atomic mass is 10.2. The fourth-order valence-electron chi connectivity index (χ4n) is 2.33. The van der Waals surface area contributed by atoms with E-state index < -0.39 is 0 Å². The van der Waals surface area contributed by atoms with E-state index in [0.29, 0.717) is 10.7 Å². The van der Waals surface area contributed by atoms with Crippen LogP contribution >= 0.6 is 11.3 Å². The lowest BCUT2D eigenvalue weighted by Crippen LogP contribution is -2.11. The molecule has 0 radical (unpaired) electrons. The van der Waals surface area contributed by atoms with Crippen LogP contribution in [0.2, 0.25) is 0 Å². The van der Waals surface area contributed by atoms with Gasteiger partial charge in [0.25, 0.3) is 5.91 Å². The van der Waals surface area contributed by atoms with Crippen molar-refractivity contribution in [2.75, 3.05) is 5.32 Å². The van der Waals surface area contributed by atoms with Gasteiger partial charge < -0.3 is 4.98 Å². The van der Waals surface area contributed by atoms with E-state index in [1.807, 2.05) is 25.1 Å². The molecule has 2 heterocycles. The largest absolute Gasteiger partial charge is 0.345 e. The molecule has 4 rings (SSSR count). The van der Waals surface area contributed by atoms with Crippen LogP contribution in [0.1, 0.15) is 15.9 Å². The van der Waals surface area contributed by atoms with Gasteiger partial charge in [-0.05, 0) is 42.8 Å². The van der Waals surface area contributed by atoms with Crippen molar-refractivity contribution < 1.29 is 4.79 Å². The van der Waals surface area contributed by atoms with Crippen molar-refractivity contribution in [2.24, 2.45) is 0 Å². The maximum atomic E-state index is 12.3. The van der Waals surface area contributed by atoms with Crippen LogP contribution in [-0.4, -0.2) is 20.9 Å². The normalized spacial score (nSPS) is 11.1. The molecule has 0 saturated carbocycles. The minimum atomic E-state index is -0.174. The maximum Gasteiger partial charge on any atom is 0.257 e. The highest BCUT2D eigenvalue weighted by molar-refractivity contribution is 7.22. The van der Waals surface area contributed by atoms with Gasteiger partial charge in [-0.25, -0.2) is 9.97 Å². The number of nitrogens with zero attached hydrogens (tertiary/aromatic N) is 2. The Balaban J connectivity index is 1.64. The minimum Gasteiger partial charge on any atom is -0.345 e. The zero-order valence-corrected chi connectivity index (χ0v) is 12.6. The van der Waals surface area contributed by atoms with E-state index in [0.717, 1.165) is 21.3 Å². The highest BCUT2D eigenvalue weighted by atomic mass is 32.1. The van der Waals surface area contributed by atoms with Gasteiger partial charge in [-0.2, -0.15) is 0 Å². The lowest BCUT2D eigenvalue weighted by molar-refractivity contribution is 0.102. The summed E-state index contributed by atoms with van der Waals surface area (Å²) >= 11 is 1.48. The molecule has 108 valence electrons. The number of rotatable bonds is 2. The molecular formula is C16H12N4OS. The number of aryl methyl sites for hydroxylation is 1. The van der Waals surface area contributed by atoms with Crippen LogP contribution in [0.4, 0.5) is 5.13 Å². The number of anilines is 1. The number of aromatic nitrogens is 3. The second-order valence-corrected chi connectivity index (χ2v) is 6.11. The summed E-state index contributed by atoms with van der Waals surface area (Å²) in [6, 6.07) is 11.4. The Labute approximate surface area is 130 Å². The van der Waals surface area contributed by atoms with Gasteiger partial charge in [-0.3, -0.25) is 10.1 Å². The molecule has 0 spiro atoms. The second-order valence-electron chi connectivity index (χ2n) is 5.08. The standard InChI is InChI=1S/C16H12N4OS/c1-9-2-4-12-14(6-9)22-16(19-12)20-15(21)10-3-5-11-13(7-10)18-8-17-11/h2-8H,1H3,(H,17,18)(H,19,20,21). The van der Waals surface area contributed by atoms with Crippen molar-refractivity contribution in [3.8, 4) is 0 Å². The molecule has 0 bridgehead atoms. The monoisotopic (exact) mass is 308 g/mol. The van der Waals surface area contributed by atoms with Gasteiger partial charge in [0.1, 0.15) is 0 Å². The first-order valence-electron chi connectivity index (χ1n) is 6.81. The number of imidazole rings is 1. The summed E-state index contributed by atoms with van der Waals surface area (Å²) in [5.74, 6) is -0.174. The van der Waals surface area contributed by atoms with Crippen molar-refractivity contribution in [2.45, 2.75) is 6.92 Å². The topological polar surface area (TPSA) is 70.7 Å². The number of H-pyrrole nitrogens is 1. The average molecular weight is 308 g/mol. The van der Waals surface area contributed by atoms with E-state index in [2.05, 4.69) is 26.3 Å². The second kappa shape index (κ2) is 4.92. The van der Waals surface area contributed by atoms with E-state index in [1.165, 1.54) is 16.9 Å². The third-order valence-electron chi connectivity index (χ3n) is 3.45. The molecule has 5 nitrogen and oxygen atoms in total. The van der Waals surface area contributed by atoms with E-state index >= 15 is 0 Å². The Kier molecular flexibility index (Phi) is 2.90. The smallest absolute Gasteiger partial charge is 0.257 e. The summed E-state index contributed by atoms with van der Waals surface area (Å²) in [5.41, 5.74) is 4.33. The van der Waals surface area contributed by atoms with Crippen LogP contribution in [-0.2, 0) is 0 Å². The molecule has 6 heteroatoms. The zero-order valence-electron chi connectivity index (χ0n) is 11.8. The molecule has 4 aromatic rings. The molecule has 0 aliphatic heterocycles. The number of aromatic amines is 1. The summed E-state index contributed by atoms with van der Waals surface area (Å²) in [5, 5.41) is 3.46. The number of amides is 1. The number of benzene rings is 2. The number of carbonyl (C=O) groups excluding carboxylic acids is 1. The van der Waals surface area contributed by atoms with Crippen molar-refractivity contribution in [1.29, 1.82) is 0 Å². The van der Waals surface area contributed by atoms with E-state index in [1.54, 1.807) is 18.5 Å². The van der Waals surface area contributed by atoms with Gasteiger partial charge in [-0.1, -0.05) is 17.4 Å². The highest BCUT2D eigenvalue weighted by Crippen LogP contribution is 2.27. The third kappa shape index (κ3) is 2.23. The molecule has 22 heavy (non-hydrogen) atoms. The van der Waals surface area contributed by atoms with Crippen molar-refractivity contribution >= 4 is 43.6 Å². The highest BCUT2D eigenvalue weighted by Gasteiger charge is 2.11. The van der Waals surface area contributed by atoms with Crippen molar-refractivity contribution in [1.82, 2.24) is 15.0 Å². The predicted octanol–water partition coefficient (Wildman–Crippen LogP) is 3.73. The molecule has 0 atom stereocenters. The van der Waals surface area contributed by atoms with Crippen LogP contribution in [0, 0.1) is 6.92 Å². The SMILES string of the molecule is Cc1ccc2nc(NC(=O)c3ccc4nc[nH]c4c3)sc2c1. The van der Waals surface area contributed by atoms with Crippen molar-refractivity contribution in [3.05, 3.63) is 53.9 Å². The van der Waals surface area contributed by atoms with Gasteiger partial charge in [0.15, 0.2) is 5.13 Å². The molecule has 0 aliphatic rings. The van der Waals surface area contributed by atoms with Crippen LogP contribution in [0.5, 0.6) is 0 Å². The number of hydrogen-bond acceptors (Lipinski definition) is 4. The Morgan fingerprint density at radius 3 is 2.95 bits per heavy atom. The van der Waals surface area contributed by atoms with Crippen molar-refractivity contribution in [3.63, 3.8) is 0 Å². The van der Waals surface area contributed by atoms with Crippen LogP contribution in [0.15, 0.2) is 42.7 Å². The minimum absolute atomic E-state index is 0.174. The summed E-state index contributed by atoms with van der Waals surface area (Å²) in [4.78, 5) is 23.9.